The highest BCUT2D eigenvalue weighted by molar-refractivity contribution is 6.30. The fourth-order valence-electron chi connectivity index (χ4n) is 2.47. The first-order chi connectivity index (χ1) is 10.2. The van der Waals surface area contributed by atoms with Gasteiger partial charge in [0.1, 0.15) is 12.4 Å². The van der Waals surface area contributed by atoms with Gasteiger partial charge in [0.05, 0.1) is 0 Å². The lowest BCUT2D eigenvalue weighted by molar-refractivity contribution is 0.307. The van der Waals surface area contributed by atoms with E-state index in [1.54, 1.807) is 0 Å². The molecule has 0 unspecified atom stereocenters. The maximum atomic E-state index is 5.96. The molecular formula is C17H17ClN2O. The number of aryl methyl sites for hydroxylation is 1. The van der Waals surface area contributed by atoms with Gasteiger partial charge in [0.15, 0.2) is 0 Å². The summed E-state index contributed by atoms with van der Waals surface area (Å²) < 4.78 is 7.93. The molecule has 0 amide bonds. The topological polar surface area (TPSA) is 40.2 Å². The van der Waals surface area contributed by atoms with Crippen molar-refractivity contribution in [2.24, 2.45) is 12.8 Å². The molecule has 0 aliphatic heterocycles. The summed E-state index contributed by atoms with van der Waals surface area (Å²) >= 11 is 5.96. The van der Waals surface area contributed by atoms with E-state index < -0.39 is 0 Å². The zero-order valence-electron chi connectivity index (χ0n) is 11.8. The Balaban J connectivity index is 1.87. The average molecular weight is 301 g/mol. The Morgan fingerprint density at radius 1 is 1.19 bits per heavy atom. The van der Waals surface area contributed by atoms with Crippen molar-refractivity contribution in [3.05, 3.63) is 64.8 Å². The summed E-state index contributed by atoms with van der Waals surface area (Å²) in [5.41, 5.74) is 9.15. The molecule has 2 N–H and O–H groups in total. The first-order valence-electron chi connectivity index (χ1n) is 6.82. The molecule has 21 heavy (non-hydrogen) atoms. The van der Waals surface area contributed by atoms with Crippen LogP contribution in [0.25, 0.3) is 10.9 Å². The Morgan fingerprint density at radius 2 is 2.05 bits per heavy atom. The standard InChI is InChI=1S/C17H17ClN2O/c1-20-10-13(11-21-15-4-2-3-14(18)8-15)16-6-5-12(9-19)7-17(16)20/h2-8,10H,9,11,19H2,1H3. The maximum Gasteiger partial charge on any atom is 0.121 e. The second-order valence-corrected chi connectivity index (χ2v) is 5.50. The Morgan fingerprint density at radius 3 is 2.81 bits per heavy atom. The molecule has 0 spiro atoms. The highest BCUT2D eigenvalue weighted by atomic mass is 35.5. The van der Waals surface area contributed by atoms with E-state index in [0.717, 1.165) is 16.9 Å². The van der Waals surface area contributed by atoms with E-state index in [2.05, 4.69) is 29.0 Å². The van der Waals surface area contributed by atoms with Crippen LogP contribution in [0.1, 0.15) is 11.1 Å². The molecule has 3 aromatic rings. The lowest BCUT2D eigenvalue weighted by Gasteiger charge is -2.05. The van der Waals surface area contributed by atoms with E-state index in [-0.39, 0.29) is 0 Å². The van der Waals surface area contributed by atoms with Crippen LogP contribution in [0.5, 0.6) is 5.75 Å². The first kappa shape index (κ1) is 14.0. The van der Waals surface area contributed by atoms with E-state index in [9.17, 15) is 0 Å². The summed E-state index contributed by atoms with van der Waals surface area (Å²) in [5.74, 6) is 0.776. The number of hydrogen-bond donors (Lipinski definition) is 1. The summed E-state index contributed by atoms with van der Waals surface area (Å²) in [6.45, 7) is 1.06. The van der Waals surface area contributed by atoms with Gasteiger partial charge in [-0.25, -0.2) is 0 Å². The highest BCUT2D eigenvalue weighted by Gasteiger charge is 2.08. The van der Waals surface area contributed by atoms with E-state index in [1.807, 2.05) is 31.3 Å². The second kappa shape index (κ2) is 5.80. The van der Waals surface area contributed by atoms with Crippen LogP contribution in [-0.4, -0.2) is 4.57 Å². The maximum absolute atomic E-state index is 5.96. The Hall–Kier alpha value is -1.97. The molecule has 1 heterocycles. The zero-order chi connectivity index (χ0) is 14.8. The van der Waals surface area contributed by atoms with Crippen LogP contribution in [0, 0.1) is 0 Å². The minimum Gasteiger partial charge on any atom is -0.489 e. The van der Waals surface area contributed by atoms with Crippen LogP contribution in [0.4, 0.5) is 0 Å². The Labute approximate surface area is 128 Å². The predicted molar refractivity (Wildman–Crippen MR) is 86.6 cm³/mol. The first-order valence-corrected chi connectivity index (χ1v) is 7.20. The molecule has 3 rings (SSSR count). The summed E-state index contributed by atoms with van der Waals surface area (Å²) in [4.78, 5) is 0. The van der Waals surface area contributed by atoms with Crippen molar-refractivity contribution >= 4 is 22.5 Å². The normalized spacial score (nSPS) is 11.0. The fourth-order valence-corrected chi connectivity index (χ4v) is 2.65. The molecule has 1 aromatic heterocycles. The smallest absolute Gasteiger partial charge is 0.121 e. The van der Waals surface area contributed by atoms with E-state index in [4.69, 9.17) is 22.1 Å². The summed E-state index contributed by atoms with van der Waals surface area (Å²) in [7, 11) is 2.03. The molecule has 0 aliphatic rings. The third kappa shape index (κ3) is 2.89. The Bertz CT molecular complexity index is 780. The summed E-state index contributed by atoms with van der Waals surface area (Å²) in [5, 5.41) is 1.87. The number of halogens is 1. The lowest BCUT2D eigenvalue weighted by atomic mass is 10.1. The van der Waals surface area contributed by atoms with E-state index in [1.165, 1.54) is 10.9 Å². The molecule has 0 saturated carbocycles. The van der Waals surface area contributed by atoms with Gasteiger partial charge in [-0.1, -0.05) is 29.8 Å². The third-order valence-electron chi connectivity index (χ3n) is 3.56. The number of ether oxygens (including phenoxy) is 1. The molecule has 0 atom stereocenters. The molecule has 4 heteroatoms. The van der Waals surface area contributed by atoms with Crippen molar-refractivity contribution in [1.29, 1.82) is 0 Å². The third-order valence-corrected chi connectivity index (χ3v) is 3.80. The van der Waals surface area contributed by atoms with Crippen LogP contribution in [0.2, 0.25) is 5.02 Å². The van der Waals surface area contributed by atoms with Gasteiger partial charge in [0, 0.05) is 41.3 Å². The summed E-state index contributed by atoms with van der Waals surface area (Å²) in [6, 6.07) is 13.7. The van der Waals surface area contributed by atoms with Gasteiger partial charge in [-0.05, 0) is 29.8 Å². The molecule has 0 saturated heterocycles. The molecule has 0 bridgehead atoms. The van der Waals surface area contributed by atoms with E-state index >= 15 is 0 Å². The van der Waals surface area contributed by atoms with Gasteiger partial charge in [0.25, 0.3) is 0 Å². The molecule has 3 nitrogen and oxygen atoms in total. The van der Waals surface area contributed by atoms with Crippen LogP contribution < -0.4 is 10.5 Å². The lowest BCUT2D eigenvalue weighted by Crippen LogP contribution is -1.96. The summed E-state index contributed by atoms with van der Waals surface area (Å²) in [6.07, 6.45) is 2.09. The van der Waals surface area contributed by atoms with Gasteiger partial charge >= 0.3 is 0 Å². The molecule has 108 valence electrons. The van der Waals surface area contributed by atoms with E-state index in [0.29, 0.717) is 18.2 Å². The van der Waals surface area contributed by atoms with Crippen molar-refractivity contribution in [2.75, 3.05) is 0 Å². The zero-order valence-corrected chi connectivity index (χ0v) is 12.6. The number of nitrogens with zero attached hydrogens (tertiary/aromatic N) is 1. The van der Waals surface area contributed by atoms with Crippen molar-refractivity contribution in [3.8, 4) is 5.75 Å². The van der Waals surface area contributed by atoms with Crippen LogP contribution in [-0.2, 0) is 20.2 Å². The molecular weight excluding hydrogens is 284 g/mol. The van der Waals surface area contributed by atoms with Crippen molar-refractivity contribution in [2.45, 2.75) is 13.2 Å². The number of fused-ring (bicyclic) bond motifs is 1. The van der Waals surface area contributed by atoms with Crippen LogP contribution in [0.3, 0.4) is 0 Å². The largest absolute Gasteiger partial charge is 0.489 e. The molecule has 0 radical (unpaired) electrons. The van der Waals surface area contributed by atoms with Gasteiger partial charge < -0.3 is 15.0 Å². The quantitative estimate of drug-likeness (QED) is 0.794. The predicted octanol–water partition coefficient (Wildman–Crippen LogP) is 3.87. The average Bonchev–Trinajstić information content (AvgIpc) is 2.81. The monoisotopic (exact) mass is 300 g/mol. The van der Waals surface area contributed by atoms with Crippen molar-refractivity contribution < 1.29 is 4.74 Å². The van der Waals surface area contributed by atoms with Gasteiger partial charge in [-0.3, -0.25) is 0 Å². The number of hydrogen-bond acceptors (Lipinski definition) is 2. The molecule has 0 aliphatic carbocycles. The minimum atomic E-state index is 0.514. The van der Waals surface area contributed by atoms with Gasteiger partial charge in [-0.15, -0.1) is 0 Å². The number of nitrogens with two attached hydrogens (primary N) is 1. The van der Waals surface area contributed by atoms with Gasteiger partial charge in [0.2, 0.25) is 0 Å². The number of rotatable bonds is 4. The Kier molecular flexibility index (Phi) is 3.86. The van der Waals surface area contributed by atoms with Crippen LogP contribution >= 0.6 is 11.6 Å². The second-order valence-electron chi connectivity index (χ2n) is 5.07. The number of benzene rings is 2. The molecule has 0 fully saturated rings. The molecule has 2 aromatic carbocycles. The van der Waals surface area contributed by atoms with Crippen molar-refractivity contribution in [3.63, 3.8) is 0 Å². The van der Waals surface area contributed by atoms with Crippen LogP contribution in [0.15, 0.2) is 48.7 Å². The number of aromatic nitrogens is 1. The highest BCUT2D eigenvalue weighted by Crippen LogP contribution is 2.24. The SMILES string of the molecule is Cn1cc(COc2cccc(Cl)c2)c2ccc(CN)cc21. The van der Waals surface area contributed by atoms with Crippen molar-refractivity contribution in [1.82, 2.24) is 4.57 Å². The minimum absolute atomic E-state index is 0.514. The van der Waals surface area contributed by atoms with Gasteiger partial charge in [-0.2, -0.15) is 0 Å². The fraction of sp³-hybridized carbons (Fsp3) is 0.176.